The quantitative estimate of drug-likeness (QED) is 0.843. The predicted molar refractivity (Wildman–Crippen MR) is 70.2 cm³/mol. The number of rotatable bonds is 3. The molecule has 98 valence electrons. The number of hydrogen-bond acceptors (Lipinski definition) is 4. The van der Waals surface area contributed by atoms with E-state index >= 15 is 0 Å². The Morgan fingerprint density at radius 1 is 1.37 bits per heavy atom. The molecule has 0 aliphatic rings. The van der Waals surface area contributed by atoms with Crippen molar-refractivity contribution in [2.75, 3.05) is 0 Å². The van der Waals surface area contributed by atoms with Gasteiger partial charge in [-0.15, -0.1) is 0 Å². The number of phenolic OH excluding ortho intramolecular Hbond substituents is 1. The summed E-state index contributed by atoms with van der Waals surface area (Å²) in [5, 5.41) is 18.5. The molecule has 0 saturated heterocycles. The van der Waals surface area contributed by atoms with Crippen molar-refractivity contribution in [2.24, 2.45) is 0 Å². The number of aromatic nitrogens is 2. The third kappa shape index (κ3) is 3.00. The normalized spacial score (nSPS) is 10.4. The summed E-state index contributed by atoms with van der Waals surface area (Å²) < 4.78 is 0. The second-order valence-corrected chi connectivity index (χ2v) is 4.36. The Kier molecular flexibility index (Phi) is 3.66. The van der Waals surface area contributed by atoms with E-state index in [0.29, 0.717) is 22.5 Å². The first-order chi connectivity index (χ1) is 8.97. The van der Waals surface area contributed by atoms with Gasteiger partial charge in [0.1, 0.15) is 5.75 Å². The van der Waals surface area contributed by atoms with E-state index in [1.807, 2.05) is 0 Å². The molecule has 0 fully saturated rings. The maximum absolute atomic E-state index is 10.9. The highest BCUT2D eigenvalue weighted by Crippen LogP contribution is 2.27. The van der Waals surface area contributed by atoms with Crippen LogP contribution in [0.15, 0.2) is 24.3 Å². The number of carboxylic acids is 1. The van der Waals surface area contributed by atoms with Gasteiger partial charge in [-0.1, -0.05) is 12.1 Å². The lowest BCUT2D eigenvalue weighted by molar-refractivity contribution is -0.136. The molecular formula is C13H11ClN2O3. The van der Waals surface area contributed by atoms with Crippen molar-refractivity contribution in [3.05, 3.63) is 40.8 Å². The number of halogens is 1. The molecule has 0 bridgehead atoms. The van der Waals surface area contributed by atoms with Gasteiger partial charge in [-0.25, -0.2) is 9.97 Å². The monoisotopic (exact) mass is 278 g/mol. The van der Waals surface area contributed by atoms with E-state index in [2.05, 4.69) is 9.97 Å². The molecule has 1 aromatic heterocycles. The first-order valence-electron chi connectivity index (χ1n) is 5.51. The van der Waals surface area contributed by atoms with Gasteiger partial charge in [0.25, 0.3) is 0 Å². The summed E-state index contributed by atoms with van der Waals surface area (Å²) in [4.78, 5) is 19.0. The zero-order chi connectivity index (χ0) is 14.0. The molecule has 0 spiro atoms. The molecule has 0 aliphatic heterocycles. The Morgan fingerprint density at radius 2 is 2.11 bits per heavy atom. The molecule has 0 radical (unpaired) electrons. The number of aryl methyl sites for hydroxylation is 1. The van der Waals surface area contributed by atoms with Crippen LogP contribution < -0.4 is 0 Å². The zero-order valence-electron chi connectivity index (χ0n) is 10.1. The molecule has 1 heterocycles. The second kappa shape index (κ2) is 5.24. The summed E-state index contributed by atoms with van der Waals surface area (Å²) in [6, 6.07) is 6.41. The maximum atomic E-state index is 10.9. The van der Waals surface area contributed by atoms with Gasteiger partial charge in [-0.3, -0.25) is 4.79 Å². The Labute approximate surface area is 114 Å². The van der Waals surface area contributed by atoms with Crippen molar-refractivity contribution in [1.29, 1.82) is 0 Å². The molecule has 5 nitrogen and oxygen atoms in total. The summed E-state index contributed by atoms with van der Waals surface area (Å²) >= 11 is 5.82. The molecule has 2 rings (SSSR count). The topological polar surface area (TPSA) is 83.3 Å². The molecule has 1 aromatic carbocycles. The van der Waals surface area contributed by atoms with Crippen LogP contribution in [0.1, 0.15) is 11.3 Å². The molecule has 6 heteroatoms. The number of phenols is 1. The standard InChI is InChI=1S/C13H11ClN2O3/c1-7-10(6-11(18)19)12(16-13(14)15-7)8-3-2-4-9(17)5-8/h2-5,17H,6H2,1H3,(H,18,19). The molecule has 0 atom stereocenters. The van der Waals surface area contributed by atoms with E-state index in [1.165, 1.54) is 12.1 Å². The molecular weight excluding hydrogens is 268 g/mol. The third-order valence-electron chi connectivity index (χ3n) is 2.63. The van der Waals surface area contributed by atoms with Crippen LogP contribution in [0.25, 0.3) is 11.3 Å². The lowest BCUT2D eigenvalue weighted by Gasteiger charge is -2.10. The van der Waals surface area contributed by atoms with Crippen molar-refractivity contribution < 1.29 is 15.0 Å². The Hall–Kier alpha value is -2.14. The van der Waals surface area contributed by atoms with Crippen LogP contribution in [-0.2, 0) is 11.2 Å². The number of aliphatic carboxylic acids is 1. The van der Waals surface area contributed by atoms with Gasteiger partial charge < -0.3 is 10.2 Å². The van der Waals surface area contributed by atoms with Crippen LogP contribution in [0.3, 0.4) is 0 Å². The second-order valence-electron chi connectivity index (χ2n) is 4.03. The number of carboxylic acid groups (broad SMARTS) is 1. The van der Waals surface area contributed by atoms with Crippen LogP contribution in [0.5, 0.6) is 5.75 Å². The summed E-state index contributed by atoms with van der Waals surface area (Å²) in [6.45, 7) is 1.68. The highest BCUT2D eigenvalue weighted by molar-refractivity contribution is 6.28. The van der Waals surface area contributed by atoms with Crippen molar-refractivity contribution in [3.63, 3.8) is 0 Å². The fraction of sp³-hybridized carbons (Fsp3) is 0.154. The molecule has 2 aromatic rings. The van der Waals surface area contributed by atoms with E-state index in [4.69, 9.17) is 16.7 Å². The Bertz CT molecular complexity index is 644. The third-order valence-corrected chi connectivity index (χ3v) is 2.80. The van der Waals surface area contributed by atoms with E-state index in [-0.39, 0.29) is 17.5 Å². The molecule has 0 saturated carbocycles. The summed E-state index contributed by atoms with van der Waals surface area (Å²) in [7, 11) is 0. The van der Waals surface area contributed by atoms with E-state index in [0.717, 1.165) is 0 Å². The van der Waals surface area contributed by atoms with Gasteiger partial charge in [0.15, 0.2) is 0 Å². The van der Waals surface area contributed by atoms with Gasteiger partial charge in [-0.05, 0) is 30.7 Å². The maximum Gasteiger partial charge on any atom is 0.307 e. The van der Waals surface area contributed by atoms with Gasteiger partial charge >= 0.3 is 5.97 Å². The summed E-state index contributed by atoms with van der Waals surface area (Å²) in [5.41, 5.74) is 2.03. The average molecular weight is 279 g/mol. The minimum absolute atomic E-state index is 0.0463. The van der Waals surface area contributed by atoms with Gasteiger partial charge in [-0.2, -0.15) is 0 Å². The first kappa shape index (κ1) is 13.3. The molecule has 0 aliphatic carbocycles. The van der Waals surface area contributed by atoms with Crippen molar-refractivity contribution in [2.45, 2.75) is 13.3 Å². The number of benzene rings is 1. The highest BCUT2D eigenvalue weighted by Gasteiger charge is 2.15. The van der Waals surface area contributed by atoms with Crippen LogP contribution >= 0.6 is 11.6 Å². The summed E-state index contributed by atoms with van der Waals surface area (Å²) in [5.74, 6) is -0.901. The summed E-state index contributed by atoms with van der Waals surface area (Å²) in [6.07, 6.45) is -0.200. The van der Waals surface area contributed by atoms with Crippen LogP contribution in [0.4, 0.5) is 0 Å². The van der Waals surface area contributed by atoms with Crippen LogP contribution in [0.2, 0.25) is 5.28 Å². The molecule has 19 heavy (non-hydrogen) atoms. The van der Waals surface area contributed by atoms with E-state index in [9.17, 15) is 9.90 Å². The van der Waals surface area contributed by atoms with Crippen LogP contribution in [-0.4, -0.2) is 26.2 Å². The Balaban J connectivity index is 2.63. The lowest BCUT2D eigenvalue weighted by atomic mass is 10.0. The number of hydrogen-bond donors (Lipinski definition) is 2. The minimum Gasteiger partial charge on any atom is -0.508 e. The van der Waals surface area contributed by atoms with Gasteiger partial charge in [0, 0.05) is 16.8 Å². The fourth-order valence-electron chi connectivity index (χ4n) is 1.82. The smallest absolute Gasteiger partial charge is 0.307 e. The minimum atomic E-state index is -0.976. The molecule has 0 amide bonds. The molecule has 0 unspecified atom stereocenters. The van der Waals surface area contributed by atoms with Crippen LogP contribution in [0, 0.1) is 6.92 Å². The van der Waals surface area contributed by atoms with Crippen molar-refractivity contribution >= 4 is 17.6 Å². The highest BCUT2D eigenvalue weighted by atomic mass is 35.5. The van der Waals surface area contributed by atoms with Crippen molar-refractivity contribution in [1.82, 2.24) is 9.97 Å². The zero-order valence-corrected chi connectivity index (χ0v) is 10.8. The lowest BCUT2D eigenvalue weighted by Crippen LogP contribution is -2.07. The number of carbonyl (C=O) groups is 1. The first-order valence-corrected chi connectivity index (χ1v) is 5.89. The predicted octanol–water partition coefficient (Wildman–Crippen LogP) is 2.44. The van der Waals surface area contributed by atoms with E-state index < -0.39 is 5.97 Å². The van der Waals surface area contributed by atoms with E-state index in [1.54, 1.807) is 19.1 Å². The molecule has 2 N–H and O–H groups in total. The Morgan fingerprint density at radius 3 is 2.74 bits per heavy atom. The largest absolute Gasteiger partial charge is 0.508 e. The fourth-order valence-corrected chi connectivity index (χ4v) is 2.03. The number of nitrogens with zero attached hydrogens (tertiary/aromatic N) is 2. The SMILES string of the molecule is Cc1nc(Cl)nc(-c2cccc(O)c2)c1CC(=O)O. The van der Waals surface area contributed by atoms with Gasteiger partial charge in [0.05, 0.1) is 12.1 Å². The average Bonchev–Trinajstić information content (AvgIpc) is 2.32. The van der Waals surface area contributed by atoms with Crippen molar-refractivity contribution in [3.8, 4) is 17.0 Å². The number of aromatic hydroxyl groups is 1. The van der Waals surface area contributed by atoms with Gasteiger partial charge in [0.2, 0.25) is 5.28 Å².